The van der Waals surface area contributed by atoms with Crippen molar-refractivity contribution < 1.29 is 19.0 Å². The smallest absolute Gasteiger partial charge is 0.257 e. The Morgan fingerprint density at radius 1 is 1.07 bits per heavy atom. The first kappa shape index (κ1) is 17.7. The molecule has 1 aliphatic heterocycles. The molecule has 7 heteroatoms. The molecule has 2 heterocycles. The third kappa shape index (κ3) is 3.83. The molecule has 0 saturated heterocycles. The van der Waals surface area contributed by atoms with Crippen molar-refractivity contribution >= 4 is 23.0 Å². The predicted molar refractivity (Wildman–Crippen MR) is 106 cm³/mol. The average molecular weight is 377 g/mol. The number of aromatic nitrogens is 1. The van der Waals surface area contributed by atoms with Gasteiger partial charge in [-0.1, -0.05) is 12.1 Å². The lowest BCUT2D eigenvalue weighted by Crippen LogP contribution is -2.12. The molecule has 28 heavy (non-hydrogen) atoms. The number of rotatable bonds is 6. The molecule has 0 aliphatic carbocycles. The van der Waals surface area contributed by atoms with Crippen molar-refractivity contribution in [1.82, 2.24) is 4.98 Å². The van der Waals surface area contributed by atoms with Crippen LogP contribution in [0.2, 0.25) is 0 Å². The van der Waals surface area contributed by atoms with Crippen LogP contribution in [0, 0.1) is 0 Å². The van der Waals surface area contributed by atoms with Crippen molar-refractivity contribution in [3.8, 4) is 17.2 Å². The van der Waals surface area contributed by atoms with Crippen molar-refractivity contribution in [2.45, 2.75) is 6.92 Å². The van der Waals surface area contributed by atoms with Gasteiger partial charge in [0.15, 0.2) is 11.5 Å². The molecule has 1 aliphatic rings. The summed E-state index contributed by atoms with van der Waals surface area (Å²) in [4.78, 5) is 16.8. The van der Waals surface area contributed by atoms with Crippen molar-refractivity contribution in [2.24, 2.45) is 0 Å². The normalized spacial score (nSPS) is 11.8. The van der Waals surface area contributed by atoms with E-state index in [0.29, 0.717) is 35.0 Å². The summed E-state index contributed by atoms with van der Waals surface area (Å²) in [7, 11) is 0. The number of pyridine rings is 1. The Morgan fingerprint density at radius 3 is 2.82 bits per heavy atom. The number of benzene rings is 2. The number of nitrogens with one attached hydrogen (secondary N) is 2. The van der Waals surface area contributed by atoms with Gasteiger partial charge in [-0.15, -0.1) is 0 Å². The predicted octanol–water partition coefficient (Wildman–Crippen LogP) is 4.20. The van der Waals surface area contributed by atoms with Gasteiger partial charge in [0.2, 0.25) is 6.79 Å². The van der Waals surface area contributed by atoms with E-state index in [1.807, 2.05) is 31.2 Å². The van der Waals surface area contributed by atoms with E-state index in [1.54, 1.807) is 30.5 Å². The first-order valence-corrected chi connectivity index (χ1v) is 8.88. The summed E-state index contributed by atoms with van der Waals surface area (Å²) in [5.74, 6) is 1.74. The lowest BCUT2D eigenvalue weighted by molar-refractivity contribution is 0.102. The molecule has 142 valence electrons. The second-order valence-corrected chi connectivity index (χ2v) is 6.04. The molecular formula is C21H19N3O4. The zero-order valence-corrected chi connectivity index (χ0v) is 15.3. The minimum Gasteiger partial charge on any atom is -0.492 e. The zero-order valence-electron chi connectivity index (χ0n) is 15.3. The van der Waals surface area contributed by atoms with Crippen LogP contribution in [0.5, 0.6) is 17.2 Å². The summed E-state index contributed by atoms with van der Waals surface area (Å²) in [5, 5.41) is 6.09. The molecule has 4 rings (SSSR count). The Morgan fingerprint density at radius 2 is 1.93 bits per heavy atom. The van der Waals surface area contributed by atoms with Crippen LogP contribution in [0.25, 0.3) is 0 Å². The summed E-state index contributed by atoms with van der Waals surface area (Å²) in [5.41, 5.74) is 2.54. The van der Waals surface area contributed by atoms with Crippen LogP contribution in [-0.2, 0) is 0 Å². The molecule has 0 unspecified atom stereocenters. The van der Waals surface area contributed by atoms with E-state index in [2.05, 4.69) is 15.6 Å². The quantitative estimate of drug-likeness (QED) is 0.670. The first-order chi connectivity index (χ1) is 13.7. The maximum Gasteiger partial charge on any atom is 0.257 e. The fraction of sp³-hybridized carbons (Fsp3) is 0.143. The molecule has 1 aromatic heterocycles. The summed E-state index contributed by atoms with van der Waals surface area (Å²) in [6, 6.07) is 14.6. The minimum absolute atomic E-state index is 0.188. The van der Waals surface area contributed by atoms with Crippen LogP contribution < -0.4 is 24.8 Å². The molecule has 0 fully saturated rings. The van der Waals surface area contributed by atoms with Crippen molar-refractivity contribution in [2.75, 3.05) is 24.0 Å². The SMILES string of the molecule is CCOc1ccccc1Nc1cncc(C(=O)Nc2ccc3c(c2)OCO3)c1. The Kier molecular flexibility index (Phi) is 4.97. The number of carbonyl (C=O) groups excluding carboxylic acids is 1. The van der Waals surface area contributed by atoms with Crippen molar-refractivity contribution in [1.29, 1.82) is 0 Å². The molecule has 2 N–H and O–H groups in total. The van der Waals surface area contributed by atoms with Gasteiger partial charge in [0.05, 0.1) is 29.7 Å². The average Bonchev–Trinajstić information content (AvgIpc) is 3.18. The minimum atomic E-state index is -0.270. The highest BCUT2D eigenvalue weighted by atomic mass is 16.7. The number of para-hydroxylation sites is 2. The van der Waals surface area contributed by atoms with E-state index in [4.69, 9.17) is 14.2 Å². The largest absolute Gasteiger partial charge is 0.492 e. The van der Waals surface area contributed by atoms with E-state index in [0.717, 1.165) is 11.4 Å². The van der Waals surface area contributed by atoms with Crippen LogP contribution in [0.1, 0.15) is 17.3 Å². The van der Waals surface area contributed by atoms with E-state index in [1.165, 1.54) is 6.20 Å². The van der Waals surface area contributed by atoms with E-state index in [9.17, 15) is 4.79 Å². The number of hydrogen-bond donors (Lipinski definition) is 2. The molecule has 0 atom stereocenters. The number of ether oxygens (including phenoxy) is 3. The third-order valence-electron chi connectivity index (χ3n) is 4.10. The maximum absolute atomic E-state index is 12.6. The van der Waals surface area contributed by atoms with E-state index >= 15 is 0 Å². The molecule has 1 amide bonds. The number of nitrogens with zero attached hydrogens (tertiary/aromatic N) is 1. The number of hydrogen-bond acceptors (Lipinski definition) is 6. The lowest BCUT2D eigenvalue weighted by Gasteiger charge is -2.12. The maximum atomic E-state index is 12.6. The van der Waals surface area contributed by atoms with Crippen LogP contribution in [0.15, 0.2) is 60.9 Å². The monoisotopic (exact) mass is 377 g/mol. The first-order valence-electron chi connectivity index (χ1n) is 8.88. The standard InChI is InChI=1S/C21H19N3O4/c1-2-26-18-6-4-3-5-17(18)23-16-9-14(11-22-12-16)21(25)24-15-7-8-19-20(10-15)28-13-27-19/h3-12,23H,2,13H2,1H3,(H,24,25). The lowest BCUT2D eigenvalue weighted by atomic mass is 10.2. The number of amides is 1. The Hall–Kier alpha value is -3.74. The molecule has 0 bridgehead atoms. The molecule has 7 nitrogen and oxygen atoms in total. The second kappa shape index (κ2) is 7.87. The summed E-state index contributed by atoms with van der Waals surface area (Å²) >= 11 is 0. The highest BCUT2D eigenvalue weighted by Gasteiger charge is 2.15. The van der Waals surface area contributed by atoms with Gasteiger partial charge in [-0.25, -0.2) is 0 Å². The highest BCUT2D eigenvalue weighted by molar-refractivity contribution is 6.04. The molecule has 0 radical (unpaired) electrons. The fourth-order valence-corrected chi connectivity index (χ4v) is 2.82. The van der Waals surface area contributed by atoms with Gasteiger partial charge in [0.25, 0.3) is 5.91 Å². The van der Waals surface area contributed by atoms with Gasteiger partial charge < -0.3 is 24.8 Å². The Labute approximate surface area is 162 Å². The van der Waals surface area contributed by atoms with Gasteiger partial charge in [0.1, 0.15) is 5.75 Å². The number of anilines is 3. The molecule has 0 saturated carbocycles. The third-order valence-corrected chi connectivity index (χ3v) is 4.10. The summed E-state index contributed by atoms with van der Waals surface area (Å²) < 4.78 is 16.2. The summed E-state index contributed by atoms with van der Waals surface area (Å²) in [6.07, 6.45) is 3.17. The van der Waals surface area contributed by atoms with Crippen LogP contribution in [-0.4, -0.2) is 24.3 Å². The fourth-order valence-electron chi connectivity index (χ4n) is 2.82. The van der Waals surface area contributed by atoms with Crippen molar-refractivity contribution in [3.05, 3.63) is 66.5 Å². The van der Waals surface area contributed by atoms with Crippen LogP contribution >= 0.6 is 0 Å². The molecule has 2 aromatic carbocycles. The van der Waals surface area contributed by atoms with Crippen molar-refractivity contribution in [3.63, 3.8) is 0 Å². The van der Waals surface area contributed by atoms with Gasteiger partial charge in [0, 0.05) is 18.0 Å². The highest BCUT2D eigenvalue weighted by Crippen LogP contribution is 2.34. The number of carbonyl (C=O) groups is 1. The van der Waals surface area contributed by atoms with E-state index < -0.39 is 0 Å². The molecule has 0 spiro atoms. The van der Waals surface area contributed by atoms with Crippen LogP contribution in [0.3, 0.4) is 0 Å². The molecular weight excluding hydrogens is 358 g/mol. The molecule has 3 aromatic rings. The van der Waals surface area contributed by atoms with Gasteiger partial charge >= 0.3 is 0 Å². The Balaban J connectivity index is 1.50. The topological polar surface area (TPSA) is 81.7 Å². The number of fused-ring (bicyclic) bond motifs is 1. The van der Waals surface area contributed by atoms with Gasteiger partial charge in [-0.3, -0.25) is 9.78 Å². The second-order valence-electron chi connectivity index (χ2n) is 6.04. The van der Waals surface area contributed by atoms with E-state index in [-0.39, 0.29) is 12.7 Å². The van der Waals surface area contributed by atoms with Gasteiger partial charge in [-0.2, -0.15) is 0 Å². The zero-order chi connectivity index (χ0) is 19.3. The Bertz CT molecular complexity index is 1010. The summed E-state index contributed by atoms with van der Waals surface area (Å²) in [6.45, 7) is 2.68. The van der Waals surface area contributed by atoms with Crippen LogP contribution in [0.4, 0.5) is 17.1 Å². The van der Waals surface area contributed by atoms with Gasteiger partial charge in [-0.05, 0) is 37.3 Å².